The van der Waals surface area contributed by atoms with Gasteiger partial charge in [-0.15, -0.1) is 0 Å². The van der Waals surface area contributed by atoms with Crippen LogP contribution < -0.4 is 10.1 Å². The number of halogens is 4. The van der Waals surface area contributed by atoms with E-state index in [-0.39, 0.29) is 15.9 Å². The number of thioether (sulfide) groups is 1. The normalized spacial score (nSPS) is 17.2. The van der Waals surface area contributed by atoms with Crippen molar-refractivity contribution >= 4 is 46.2 Å². The van der Waals surface area contributed by atoms with E-state index >= 15 is 0 Å². The summed E-state index contributed by atoms with van der Waals surface area (Å²) in [7, 11) is 0. The summed E-state index contributed by atoms with van der Waals surface area (Å²) in [5, 5.41) is 2.50. The molecular formula is C19H14ClF3N2O2S. The Morgan fingerprint density at radius 2 is 1.93 bits per heavy atom. The minimum absolute atomic E-state index is 0.0459. The first-order valence-corrected chi connectivity index (χ1v) is 9.35. The zero-order valence-electron chi connectivity index (χ0n) is 14.5. The summed E-state index contributed by atoms with van der Waals surface area (Å²) in [5.41, 5.74) is -0.530. The number of nitrogens with zero attached hydrogens (tertiary/aromatic N) is 1. The molecule has 1 amide bonds. The number of alkyl halides is 3. The summed E-state index contributed by atoms with van der Waals surface area (Å²) >= 11 is 6.63. The highest BCUT2D eigenvalue weighted by Gasteiger charge is 2.34. The predicted molar refractivity (Wildman–Crippen MR) is 105 cm³/mol. The molecule has 0 unspecified atom stereocenters. The maximum atomic E-state index is 13.2. The van der Waals surface area contributed by atoms with Crippen LogP contribution >= 0.6 is 23.4 Å². The van der Waals surface area contributed by atoms with E-state index < -0.39 is 17.6 Å². The van der Waals surface area contributed by atoms with Crippen LogP contribution in [0.3, 0.4) is 0 Å². The van der Waals surface area contributed by atoms with Gasteiger partial charge in [0.15, 0.2) is 5.17 Å². The van der Waals surface area contributed by atoms with Gasteiger partial charge in [0.05, 0.1) is 22.8 Å². The Morgan fingerprint density at radius 3 is 2.57 bits per heavy atom. The van der Waals surface area contributed by atoms with E-state index in [1.807, 2.05) is 6.92 Å². The molecule has 4 nitrogen and oxygen atoms in total. The summed E-state index contributed by atoms with van der Waals surface area (Å²) in [5.74, 6) is 0.276. The van der Waals surface area contributed by atoms with Crippen molar-refractivity contribution in [3.8, 4) is 5.75 Å². The number of ether oxygens (including phenoxy) is 1. The van der Waals surface area contributed by atoms with Crippen molar-refractivity contribution in [1.82, 2.24) is 5.32 Å². The van der Waals surface area contributed by atoms with Crippen molar-refractivity contribution in [2.75, 3.05) is 6.61 Å². The Labute approximate surface area is 168 Å². The van der Waals surface area contributed by atoms with E-state index in [0.29, 0.717) is 17.3 Å². The number of hydrogen-bond donors (Lipinski definition) is 1. The lowest BCUT2D eigenvalue weighted by molar-refractivity contribution is -0.137. The number of amides is 1. The molecule has 0 radical (unpaired) electrons. The molecule has 28 heavy (non-hydrogen) atoms. The van der Waals surface area contributed by atoms with Gasteiger partial charge in [-0.05, 0) is 60.7 Å². The number of carbonyl (C=O) groups is 1. The highest BCUT2D eigenvalue weighted by molar-refractivity contribution is 8.18. The SMILES string of the molecule is CCOc1ccc(/C=C2\SC(=Nc3ccc(Cl)cc3C(F)(F)F)NC2=O)cc1. The van der Waals surface area contributed by atoms with Crippen LogP contribution in [-0.4, -0.2) is 17.7 Å². The van der Waals surface area contributed by atoms with Crippen LogP contribution in [-0.2, 0) is 11.0 Å². The second-order valence-electron chi connectivity index (χ2n) is 5.64. The van der Waals surface area contributed by atoms with Crippen LogP contribution in [0.4, 0.5) is 18.9 Å². The van der Waals surface area contributed by atoms with Gasteiger partial charge in [-0.3, -0.25) is 4.79 Å². The molecule has 9 heteroatoms. The number of hydrogen-bond acceptors (Lipinski definition) is 4. The van der Waals surface area contributed by atoms with Crippen molar-refractivity contribution < 1.29 is 22.7 Å². The van der Waals surface area contributed by atoms with Gasteiger partial charge in [-0.1, -0.05) is 23.7 Å². The number of nitrogens with one attached hydrogen (secondary N) is 1. The van der Waals surface area contributed by atoms with E-state index in [4.69, 9.17) is 16.3 Å². The predicted octanol–water partition coefficient (Wildman–Crippen LogP) is 5.65. The molecule has 0 atom stereocenters. The molecule has 0 spiro atoms. The van der Waals surface area contributed by atoms with Crippen LogP contribution in [0.5, 0.6) is 5.75 Å². The van der Waals surface area contributed by atoms with Gasteiger partial charge in [0.1, 0.15) is 5.75 Å². The van der Waals surface area contributed by atoms with E-state index in [1.165, 1.54) is 12.1 Å². The fourth-order valence-electron chi connectivity index (χ4n) is 2.40. The number of benzene rings is 2. The minimum atomic E-state index is -4.61. The summed E-state index contributed by atoms with van der Waals surface area (Å²) in [6.45, 7) is 2.42. The smallest absolute Gasteiger partial charge is 0.418 e. The Hall–Kier alpha value is -2.45. The molecule has 2 aromatic carbocycles. The Morgan fingerprint density at radius 1 is 1.21 bits per heavy atom. The molecule has 0 bridgehead atoms. The third-order valence-corrected chi connectivity index (χ3v) is 4.77. The molecule has 1 N–H and O–H groups in total. The monoisotopic (exact) mass is 426 g/mol. The van der Waals surface area contributed by atoms with Crippen molar-refractivity contribution in [2.45, 2.75) is 13.1 Å². The second-order valence-corrected chi connectivity index (χ2v) is 7.11. The topological polar surface area (TPSA) is 50.7 Å². The zero-order valence-corrected chi connectivity index (χ0v) is 16.1. The van der Waals surface area contributed by atoms with Crippen molar-refractivity contribution in [1.29, 1.82) is 0 Å². The van der Waals surface area contributed by atoms with Gasteiger partial charge in [0.25, 0.3) is 5.91 Å². The van der Waals surface area contributed by atoms with E-state index in [0.717, 1.165) is 23.4 Å². The largest absolute Gasteiger partial charge is 0.494 e. The van der Waals surface area contributed by atoms with Gasteiger partial charge in [0.2, 0.25) is 0 Å². The maximum Gasteiger partial charge on any atom is 0.418 e. The van der Waals surface area contributed by atoms with Gasteiger partial charge < -0.3 is 10.1 Å². The Kier molecular flexibility index (Phi) is 6.00. The number of amidine groups is 1. The summed E-state index contributed by atoms with van der Waals surface area (Å²) in [6, 6.07) is 10.4. The van der Waals surface area contributed by atoms with Gasteiger partial charge in [-0.25, -0.2) is 4.99 Å². The average Bonchev–Trinajstić information content (AvgIpc) is 2.97. The lowest BCUT2D eigenvalue weighted by Crippen LogP contribution is -2.19. The highest BCUT2D eigenvalue weighted by Crippen LogP contribution is 2.39. The molecule has 0 aromatic heterocycles. The molecule has 1 aliphatic heterocycles. The summed E-state index contributed by atoms with van der Waals surface area (Å²) in [6.07, 6.45) is -2.98. The van der Waals surface area contributed by atoms with Crippen LogP contribution in [0.1, 0.15) is 18.1 Å². The Balaban J connectivity index is 1.85. The molecule has 1 saturated heterocycles. The zero-order chi connectivity index (χ0) is 20.3. The third-order valence-electron chi connectivity index (χ3n) is 3.63. The van der Waals surface area contributed by atoms with Crippen molar-refractivity contribution in [2.24, 2.45) is 4.99 Å². The minimum Gasteiger partial charge on any atom is -0.494 e. The van der Waals surface area contributed by atoms with Crippen molar-refractivity contribution in [3.63, 3.8) is 0 Å². The summed E-state index contributed by atoms with van der Waals surface area (Å²) in [4.78, 5) is 16.4. The van der Waals surface area contributed by atoms with E-state index in [9.17, 15) is 18.0 Å². The van der Waals surface area contributed by atoms with E-state index in [2.05, 4.69) is 10.3 Å². The van der Waals surface area contributed by atoms with Gasteiger partial charge in [-0.2, -0.15) is 13.2 Å². The van der Waals surface area contributed by atoms with Crippen molar-refractivity contribution in [3.05, 3.63) is 63.5 Å². The van der Waals surface area contributed by atoms with Gasteiger partial charge in [0, 0.05) is 5.02 Å². The molecule has 146 valence electrons. The molecular weight excluding hydrogens is 413 g/mol. The molecule has 3 rings (SSSR count). The molecule has 0 saturated carbocycles. The van der Waals surface area contributed by atoms with Gasteiger partial charge >= 0.3 is 6.18 Å². The van der Waals surface area contributed by atoms with Crippen LogP contribution in [0.15, 0.2) is 52.4 Å². The Bertz CT molecular complexity index is 957. The maximum absolute atomic E-state index is 13.2. The van der Waals surface area contributed by atoms with E-state index in [1.54, 1.807) is 30.3 Å². The first-order valence-electron chi connectivity index (χ1n) is 8.15. The third kappa shape index (κ3) is 4.88. The lowest BCUT2D eigenvalue weighted by atomic mass is 10.2. The standard InChI is InChI=1S/C19H14ClF3N2O2S/c1-2-27-13-6-3-11(4-7-13)9-16-17(26)25-18(28-16)24-15-8-5-12(20)10-14(15)19(21,22)23/h3-10H,2H2,1H3,(H,24,25,26)/b16-9-. The lowest BCUT2D eigenvalue weighted by Gasteiger charge is -2.10. The summed E-state index contributed by atoms with van der Waals surface area (Å²) < 4.78 is 44.9. The first-order chi connectivity index (χ1) is 13.3. The van der Waals surface area contributed by atoms with Crippen LogP contribution in [0, 0.1) is 0 Å². The molecule has 1 fully saturated rings. The number of rotatable bonds is 4. The molecule has 2 aromatic rings. The number of aliphatic imine (C=N–C) groups is 1. The highest BCUT2D eigenvalue weighted by atomic mass is 35.5. The first kappa shape index (κ1) is 20.3. The number of carbonyl (C=O) groups excluding carboxylic acids is 1. The van der Waals surface area contributed by atoms with Crippen LogP contribution in [0.2, 0.25) is 5.02 Å². The quantitative estimate of drug-likeness (QED) is 0.643. The second kappa shape index (κ2) is 8.28. The fourth-order valence-corrected chi connectivity index (χ4v) is 3.41. The molecule has 1 heterocycles. The molecule has 1 aliphatic rings. The average molecular weight is 427 g/mol. The fraction of sp³-hybridized carbons (Fsp3) is 0.158. The van der Waals surface area contributed by atoms with Crippen LogP contribution in [0.25, 0.3) is 6.08 Å². The molecule has 0 aliphatic carbocycles.